The van der Waals surface area contributed by atoms with Crippen molar-refractivity contribution in [3.63, 3.8) is 0 Å². The lowest BCUT2D eigenvalue weighted by Crippen LogP contribution is -1.81. The summed E-state index contributed by atoms with van der Waals surface area (Å²) < 4.78 is 6.41. The number of rotatable bonds is 3. The first kappa shape index (κ1) is 15.8. The largest absolute Gasteiger partial charge is 0.508 e. The van der Waals surface area contributed by atoms with Gasteiger partial charge in [-0.05, 0) is 72.3 Å². The molecule has 0 amide bonds. The van der Waals surface area contributed by atoms with Gasteiger partial charge in [0.25, 0.3) is 0 Å². The third kappa shape index (κ3) is 2.59. The fourth-order valence-electron chi connectivity index (χ4n) is 3.19. The molecule has 0 bridgehead atoms. The molecule has 4 aromatic rings. The maximum atomic E-state index is 10.2. The van der Waals surface area contributed by atoms with Crippen LogP contribution in [0, 0.1) is 13.8 Å². The number of hydrogen-bond acceptors (Lipinski definition) is 2. The molecule has 3 aromatic carbocycles. The molecule has 0 aliphatic heterocycles. The van der Waals surface area contributed by atoms with Crippen LogP contribution in [0.4, 0.5) is 0 Å². The predicted octanol–water partition coefficient (Wildman–Crippen LogP) is 6.79. The summed E-state index contributed by atoms with van der Waals surface area (Å²) in [5.41, 5.74) is 3.17. The smallest absolute Gasteiger partial charge is 0.130 e. The second-order valence-corrected chi connectivity index (χ2v) is 8.02. The molecule has 1 aromatic heterocycles. The van der Waals surface area contributed by atoms with Gasteiger partial charge in [0.05, 0.1) is 7.76 Å². The molecule has 0 fully saturated rings. The highest BCUT2D eigenvalue weighted by atomic mass is 31.1. The van der Waals surface area contributed by atoms with Crippen molar-refractivity contribution in [2.24, 2.45) is 0 Å². The van der Waals surface area contributed by atoms with Gasteiger partial charge in [-0.15, -0.1) is 0 Å². The topological polar surface area (TPSA) is 29.5 Å². The van der Waals surface area contributed by atoms with E-state index in [4.69, 9.17) is 4.52 Å². The van der Waals surface area contributed by atoms with E-state index in [0.717, 1.165) is 32.8 Å². The minimum atomic E-state index is -0.961. The van der Waals surface area contributed by atoms with Gasteiger partial charge in [-0.3, -0.25) is 0 Å². The van der Waals surface area contributed by atoms with E-state index in [0.29, 0.717) is 5.75 Å². The van der Waals surface area contributed by atoms with E-state index in [1.165, 1.54) is 10.7 Å². The first-order valence-electron chi connectivity index (χ1n) is 8.22. The average Bonchev–Trinajstić information content (AvgIpc) is 2.88. The van der Waals surface area contributed by atoms with E-state index < -0.39 is 7.76 Å². The van der Waals surface area contributed by atoms with Crippen LogP contribution in [-0.4, -0.2) is 5.11 Å². The summed E-state index contributed by atoms with van der Waals surface area (Å²) in [6.45, 7) is 7.94. The predicted molar refractivity (Wildman–Crippen MR) is 108 cm³/mol. The molecule has 1 unspecified atom stereocenters. The van der Waals surface area contributed by atoms with Crippen LogP contribution in [0.5, 0.6) is 11.5 Å². The molecule has 4 rings (SSSR count). The number of hydrogen-bond donors (Lipinski definition) is 1. The molecule has 0 saturated carbocycles. The van der Waals surface area contributed by atoms with Gasteiger partial charge in [0.1, 0.15) is 11.5 Å². The molecule has 1 N–H and O–H groups in total. The maximum Gasteiger partial charge on any atom is 0.130 e. The van der Waals surface area contributed by atoms with Crippen LogP contribution in [-0.2, 0) is 0 Å². The number of phenolic OH excluding ortho intramolecular Hbond substituents is 1. The van der Waals surface area contributed by atoms with Crippen molar-refractivity contribution >= 4 is 34.8 Å². The molecule has 124 valence electrons. The number of benzene rings is 3. The number of aromatic hydroxyl groups is 1. The molecular formula is C22H19O2P. The highest BCUT2D eigenvalue weighted by molar-refractivity contribution is 7.57. The van der Waals surface area contributed by atoms with Crippen LogP contribution in [0.25, 0.3) is 27.1 Å². The summed E-state index contributed by atoms with van der Waals surface area (Å²) in [5, 5.41) is 14.8. The SMILES string of the molecule is C=Cc1cc2c3cc(O)c(C)cc3p(Oc3ccccc3)c2cc1C. The van der Waals surface area contributed by atoms with Crippen LogP contribution < -0.4 is 4.52 Å². The molecule has 0 saturated heterocycles. The van der Waals surface area contributed by atoms with Crippen LogP contribution in [0.1, 0.15) is 16.7 Å². The molecule has 1 heterocycles. The summed E-state index contributed by atoms with van der Waals surface area (Å²) in [6.07, 6.45) is 1.88. The van der Waals surface area contributed by atoms with Crippen molar-refractivity contribution < 1.29 is 9.63 Å². The standard InChI is InChI=1S/C22H19O2P/c1-4-16-12-18-19-13-20(23)15(3)11-22(19)25(21(18)10-14(16)2)24-17-8-6-5-7-9-17/h4-13,23H,1H2,2-3H3. The first-order chi connectivity index (χ1) is 12.1. The van der Waals surface area contributed by atoms with Gasteiger partial charge in [-0.1, -0.05) is 30.9 Å². The van der Waals surface area contributed by atoms with E-state index in [1.54, 1.807) is 0 Å². The van der Waals surface area contributed by atoms with Gasteiger partial charge in [-0.25, -0.2) is 0 Å². The maximum absolute atomic E-state index is 10.2. The van der Waals surface area contributed by atoms with Crippen molar-refractivity contribution in [1.82, 2.24) is 0 Å². The highest BCUT2D eigenvalue weighted by Gasteiger charge is 2.17. The quantitative estimate of drug-likeness (QED) is 0.443. The minimum absolute atomic E-state index is 0.321. The molecule has 0 aliphatic carbocycles. The highest BCUT2D eigenvalue weighted by Crippen LogP contribution is 2.51. The summed E-state index contributed by atoms with van der Waals surface area (Å²) in [6, 6.07) is 18.2. The Balaban J connectivity index is 2.08. The Morgan fingerprint density at radius 2 is 1.56 bits per heavy atom. The third-order valence-electron chi connectivity index (χ3n) is 4.59. The van der Waals surface area contributed by atoms with Gasteiger partial charge >= 0.3 is 0 Å². The Labute approximate surface area is 148 Å². The average molecular weight is 346 g/mol. The zero-order valence-corrected chi connectivity index (χ0v) is 15.2. The van der Waals surface area contributed by atoms with E-state index in [2.05, 4.69) is 31.7 Å². The Kier molecular flexibility index (Phi) is 3.78. The van der Waals surface area contributed by atoms with Crippen molar-refractivity contribution in [2.75, 3.05) is 0 Å². The van der Waals surface area contributed by atoms with Gasteiger partial charge in [0.2, 0.25) is 0 Å². The zero-order chi connectivity index (χ0) is 17.6. The summed E-state index contributed by atoms with van der Waals surface area (Å²) in [7, 11) is -0.961. The number of para-hydroxylation sites is 1. The van der Waals surface area contributed by atoms with Crippen molar-refractivity contribution in [1.29, 1.82) is 0 Å². The van der Waals surface area contributed by atoms with E-state index in [-0.39, 0.29) is 0 Å². The van der Waals surface area contributed by atoms with Crippen molar-refractivity contribution in [2.45, 2.75) is 13.8 Å². The van der Waals surface area contributed by atoms with Crippen LogP contribution in [0.2, 0.25) is 0 Å². The lowest BCUT2D eigenvalue weighted by Gasteiger charge is -2.08. The van der Waals surface area contributed by atoms with Gasteiger partial charge in [0.15, 0.2) is 0 Å². The normalized spacial score (nSPS) is 11.8. The second kappa shape index (κ2) is 5.98. The Morgan fingerprint density at radius 1 is 0.920 bits per heavy atom. The van der Waals surface area contributed by atoms with Crippen LogP contribution in [0.3, 0.4) is 0 Å². The van der Waals surface area contributed by atoms with E-state index >= 15 is 0 Å². The Bertz CT molecular complexity index is 1110. The fourth-order valence-corrected chi connectivity index (χ4v) is 5.41. The summed E-state index contributed by atoms with van der Waals surface area (Å²) in [4.78, 5) is 0. The van der Waals surface area contributed by atoms with Crippen LogP contribution in [0.15, 0.2) is 61.2 Å². The molecule has 0 spiro atoms. The Hall–Kier alpha value is -2.70. The third-order valence-corrected chi connectivity index (χ3v) is 6.59. The number of phenols is 1. The molecular weight excluding hydrogens is 327 g/mol. The van der Waals surface area contributed by atoms with Crippen molar-refractivity contribution in [3.05, 3.63) is 77.9 Å². The summed E-state index contributed by atoms with van der Waals surface area (Å²) in [5.74, 6) is 1.19. The van der Waals surface area contributed by atoms with Gasteiger partial charge in [-0.2, -0.15) is 0 Å². The zero-order valence-electron chi connectivity index (χ0n) is 14.3. The van der Waals surface area contributed by atoms with E-state index in [9.17, 15) is 5.11 Å². The lowest BCUT2D eigenvalue weighted by atomic mass is 10.0. The van der Waals surface area contributed by atoms with Gasteiger partial charge in [0, 0.05) is 15.6 Å². The summed E-state index contributed by atoms with van der Waals surface area (Å²) >= 11 is 0. The Morgan fingerprint density at radius 3 is 2.24 bits per heavy atom. The van der Waals surface area contributed by atoms with Crippen molar-refractivity contribution in [3.8, 4) is 11.5 Å². The molecule has 3 heteroatoms. The molecule has 1 atom stereocenters. The number of fused-ring (bicyclic) bond motifs is 3. The lowest BCUT2D eigenvalue weighted by molar-refractivity contribution is 0.472. The first-order valence-corrected chi connectivity index (χ1v) is 9.48. The number of aryl methyl sites for hydroxylation is 2. The molecule has 2 nitrogen and oxygen atoms in total. The monoisotopic (exact) mass is 346 g/mol. The van der Waals surface area contributed by atoms with Gasteiger partial charge < -0.3 is 9.63 Å². The minimum Gasteiger partial charge on any atom is -0.508 e. The fraction of sp³-hybridized carbons (Fsp3) is 0.0909. The second-order valence-electron chi connectivity index (χ2n) is 6.28. The molecule has 25 heavy (non-hydrogen) atoms. The molecule has 0 radical (unpaired) electrons. The van der Waals surface area contributed by atoms with E-state index in [1.807, 2.05) is 49.4 Å². The molecule has 0 aliphatic rings. The van der Waals surface area contributed by atoms with Crippen LogP contribution >= 0.6 is 7.76 Å².